The standard InChI is InChI=1S/C22H27N9O3S/c1-6-18-24-19-12(2)17(13(3)23-20(19)25-18)11-15-7-9-16(10-8-15)35(33,34)31(5)14(4)21(32)26-22-27-29-30-28-22/h7-10,14H,6,11H2,1-5H3,(H,23,24,25)(H2,26,27,28,29,30,32). The number of fused-ring (bicyclic) bond motifs is 1. The second-order valence-corrected chi connectivity index (χ2v) is 10.3. The van der Waals surface area contributed by atoms with Gasteiger partial charge in [-0.25, -0.2) is 18.4 Å². The molecule has 0 aliphatic heterocycles. The van der Waals surface area contributed by atoms with Crippen LogP contribution in [0.5, 0.6) is 0 Å². The molecule has 184 valence electrons. The van der Waals surface area contributed by atoms with Crippen molar-refractivity contribution in [3.05, 3.63) is 52.5 Å². The summed E-state index contributed by atoms with van der Waals surface area (Å²) in [7, 11) is -2.56. The van der Waals surface area contributed by atoms with E-state index in [1.54, 1.807) is 24.3 Å². The highest BCUT2D eigenvalue weighted by Crippen LogP contribution is 2.25. The SMILES string of the molecule is CCc1nc2nc(C)c(Cc3ccc(S(=O)(=O)N(C)C(C)C(=O)Nc4nn[nH]n4)cc3)c(C)c2[nH]1. The number of anilines is 1. The van der Waals surface area contributed by atoms with E-state index in [1.165, 1.54) is 14.0 Å². The molecule has 3 N–H and O–H groups in total. The molecule has 0 fully saturated rings. The number of carbonyl (C=O) groups excluding carboxylic acids is 1. The first-order valence-corrected chi connectivity index (χ1v) is 12.5. The lowest BCUT2D eigenvalue weighted by atomic mass is 9.99. The number of rotatable bonds is 8. The molecular formula is C22H27N9O3S. The minimum atomic E-state index is -3.91. The number of nitrogens with one attached hydrogen (secondary N) is 3. The second kappa shape index (κ2) is 9.50. The van der Waals surface area contributed by atoms with Crippen LogP contribution in [-0.4, -0.2) is 67.3 Å². The van der Waals surface area contributed by atoms with Crippen molar-refractivity contribution >= 4 is 33.0 Å². The third-order valence-electron chi connectivity index (χ3n) is 6.09. The van der Waals surface area contributed by atoms with E-state index in [4.69, 9.17) is 0 Å². The molecule has 1 aromatic carbocycles. The van der Waals surface area contributed by atoms with Crippen LogP contribution in [0.25, 0.3) is 11.2 Å². The molecule has 0 radical (unpaired) electrons. The lowest BCUT2D eigenvalue weighted by Gasteiger charge is -2.23. The summed E-state index contributed by atoms with van der Waals surface area (Å²) in [5, 5.41) is 15.3. The average molecular weight is 498 g/mol. The molecule has 3 heterocycles. The molecule has 0 aliphatic rings. The van der Waals surface area contributed by atoms with E-state index in [2.05, 4.69) is 40.9 Å². The van der Waals surface area contributed by atoms with Crippen LogP contribution in [0.3, 0.4) is 0 Å². The Morgan fingerprint density at radius 2 is 1.89 bits per heavy atom. The molecule has 0 saturated carbocycles. The highest BCUT2D eigenvalue weighted by molar-refractivity contribution is 7.89. The van der Waals surface area contributed by atoms with Gasteiger partial charge in [0.2, 0.25) is 15.9 Å². The van der Waals surface area contributed by atoms with Gasteiger partial charge in [0.25, 0.3) is 5.95 Å². The Morgan fingerprint density at radius 1 is 1.17 bits per heavy atom. The number of nitrogens with zero attached hydrogens (tertiary/aromatic N) is 6. The van der Waals surface area contributed by atoms with Crippen LogP contribution < -0.4 is 5.32 Å². The van der Waals surface area contributed by atoms with E-state index in [9.17, 15) is 13.2 Å². The monoisotopic (exact) mass is 497 g/mol. The number of hydrogen-bond donors (Lipinski definition) is 3. The highest BCUT2D eigenvalue weighted by Gasteiger charge is 2.30. The topological polar surface area (TPSA) is 163 Å². The van der Waals surface area contributed by atoms with E-state index in [1.807, 2.05) is 20.8 Å². The summed E-state index contributed by atoms with van der Waals surface area (Å²) >= 11 is 0. The Labute approximate surface area is 202 Å². The molecule has 4 aromatic rings. The van der Waals surface area contributed by atoms with E-state index >= 15 is 0 Å². The van der Waals surface area contributed by atoms with Gasteiger partial charge in [0, 0.05) is 19.2 Å². The van der Waals surface area contributed by atoms with E-state index < -0.39 is 22.0 Å². The Balaban J connectivity index is 1.52. The summed E-state index contributed by atoms with van der Waals surface area (Å²) in [5.41, 5.74) is 5.62. The molecule has 1 unspecified atom stereocenters. The van der Waals surface area contributed by atoms with Gasteiger partial charge in [-0.3, -0.25) is 10.1 Å². The fourth-order valence-corrected chi connectivity index (χ4v) is 5.11. The van der Waals surface area contributed by atoms with Gasteiger partial charge < -0.3 is 4.98 Å². The number of benzene rings is 1. The zero-order valence-corrected chi connectivity index (χ0v) is 20.9. The van der Waals surface area contributed by atoms with Crippen molar-refractivity contribution in [1.82, 2.24) is 39.9 Å². The van der Waals surface area contributed by atoms with E-state index in [0.29, 0.717) is 12.1 Å². The third-order valence-corrected chi connectivity index (χ3v) is 8.04. The highest BCUT2D eigenvalue weighted by atomic mass is 32.2. The molecule has 0 bridgehead atoms. The maximum absolute atomic E-state index is 13.1. The number of imidazole rings is 1. The summed E-state index contributed by atoms with van der Waals surface area (Å²) in [6.07, 6.45) is 1.40. The predicted molar refractivity (Wildman–Crippen MR) is 129 cm³/mol. The predicted octanol–water partition coefficient (Wildman–Crippen LogP) is 1.89. The number of carbonyl (C=O) groups is 1. The van der Waals surface area contributed by atoms with Gasteiger partial charge in [0.15, 0.2) is 5.65 Å². The number of aromatic amines is 2. The van der Waals surface area contributed by atoms with Gasteiger partial charge in [0.05, 0.1) is 10.4 Å². The number of likely N-dealkylation sites (N-methyl/N-ethyl adjacent to an activating group) is 1. The van der Waals surface area contributed by atoms with Gasteiger partial charge in [-0.05, 0) is 61.2 Å². The third kappa shape index (κ3) is 4.77. The van der Waals surface area contributed by atoms with Crippen LogP contribution in [0.1, 0.15) is 42.1 Å². The van der Waals surface area contributed by atoms with Crippen LogP contribution in [0.2, 0.25) is 0 Å². The quantitative estimate of drug-likeness (QED) is 0.332. The Hall–Kier alpha value is -3.71. The molecule has 1 amide bonds. The first kappa shape index (κ1) is 24.4. The zero-order chi connectivity index (χ0) is 25.3. The lowest BCUT2D eigenvalue weighted by Crippen LogP contribution is -2.43. The Morgan fingerprint density at radius 3 is 2.51 bits per heavy atom. The normalized spacial score (nSPS) is 12.9. The number of tetrazole rings is 1. The molecule has 35 heavy (non-hydrogen) atoms. The lowest BCUT2D eigenvalue weighted by molar-refractivity contribution is -0.119. The maximum atomic E-state index is 13.1. The van der Waals surface area contributed by atoms with Gasteiger partial charge in [-0.2, -0.15) is 9.52 Å². The van der Waals surface area contributed by atoms with Crippen LogP contribution in [0, 0.1) is 13.8 Å². The van der Waals surface area contributed by atoms with Crippen LogP contribution >= 0.6 is 0 Å². The molecular weight excluding hydrogens is 470 g/mol. The smallest absolute Gasteiger partial charge is 0.269 e. The van der Waals surface area contributed by atoms with Crippen molar-refractivity contribution in [2.75, 3.05) is 12.4 Å². The molecule has 13 heteroatoms. The van der Waals surface area contributed by atoms with Crippen LogP contribution in [-0.2, 0) is 27.7 Å². The summed E-state index contributed by atoms with van der Waals surface area (Å²) in [6.45, 7) is 7.51. The number of H-pyrrole nitrogens is 2. The van der Waals surface area contributed by atoms with Crippen LogP contribution in [0.4, 0.5) is 5.95 Å². The summed E-state index contributed by atoms with van der Waals surface area (Å²) < 4.78 is 27.2. The summed E-state index contributed by atoms with van der Waals surface area (Å²) in [5.74, 6) is 0.287. The largest absolute Gasteiger partial charge is 0.340 e. The second-order valence-electron chi connectivity index (χ2n) is 8.28. The van der Waals surface area contributed by atoms with Gasteiger partial charge in [-0.1, -0.05) is 24.2 Å². The molecule has 12 nitrogen and oxygen atoms in total. The Kier molecular flexibility index (Phi) is 6.63. The maximum Gasteiger partial charge on any atom is 0.269 e. The first-order valence-electron chi connectivity index (χ1n) is 11.1. The van der Waals surface area contributed by atoms with Gasteiger partial charge in [0.1, 0.15) is 11.9 Å². The van der Waals surface area contributed by atoms with Gasteiger partial charge >= 0.3 is 0 Å². The molecule has 0 saturated heterocycles. The molecule has 0 spiro atoms. The zero-order valence-electron chi connectivity index (χ0n) is 20.1. The van der Waals surface area contributed by atoms with Crippen molar-refractivity contribution in [2.24, 2.45) is 0 Å². The Bertz CT molecular complexity index is 1460. The number of aryl methyl sites for hydroxylation is 3. The molecule has 4 rings (SSSR count). The van der Waals surface area contributed by atoms with E-state index in [0.717, 1.165) is 44.5 Å². The summed E-state index contributed by atoms with van der Waals surface area (Å²) in [6, 6.07) is 5.65. The first-order chi connectivity index (χ1) is 16.6. The molecule has 1 atom stereocenters. The number of pyridine rings is 1. The number of amides is 1. The number of aromatic nitrogens is 7. The van der Waals surface area contributed by atoms with Crippen molar-refractivity contribution in [3.63, 3.8) is 0 Å². The molecule has 0 aliphatic carbocycles. The minimum absolute atomic E-state index is 0.0312. The van der Waals surface area contributed by atoms with Crippen LogP contribution in [0.15, 0.2) is 29.2 Å². The van der Waals surface area contributed by atoms with Crippen molar-refractivity contribution in [1.29, 1.82) is 0 Å². The number of hydrogen-bond acceptors (Lipinski definition) is 8. The van der Waals surface area contributed by atoms with Gasteiger partial charge in [-0.15, -0.1) is 5.10 Å². The van der Waals surface area contributed by atoms with Crippen molar-refractivity contribution in [2.45, 2.75) is 51.5 Å². The minimum Gasteiger partial charge on any atom is -0.340 e. The number of sulfonamides is 1. The average Bonchev–Trinajstić information content (AvgIpc) is 3.50. The fraction of sp³-hybridized carbons (Fsp3) is 0.364. The van der Waals surface area contributed by atoms with E-state index in [-0.39, 0.29) is 10.8 Å². The molecule has 3 aromatic heterocycles. The van der Waals surface area contributed by atoms with Crippen molar-refractivity contribution < 1.29 is 13.2 Å². The van der Waals surface area contributed by atoms with Crippen molar-refractivity contribution in [3.8, 4) is 0 Å². The fourth-order valence-electron chi connectivity index (χ4n) is 3.78. The summed E-state index contributed by atoms with van der Waals surface area (Å²) in [4.78, 5) is 25.0.